The second-order valence-corrected chi connectivity index (χ2v) is 8.34. The number of rotatable bonds is 12. The van der Waals surface area contributed by atoms with Crippen molar-refractivity contribution in [3.8, 4) is 11.5 Å². The Morgan fingerprint density at radius 2 is 1.09 bits per heavy atom. The third kappa shape index (κ3) is 7.39. The van der Waals surface area contributed by atoms with Crippen LogP contribution in [-0.4, -0.2) is 6.54 Å². The van der Waals surface area contributed by atoms with Gasteiger partial charge in [0.25, 0.3) is 0 Å². The molecule has 0 saturated heterocycles. The maximum atomic E-state index is 8.62. The molecule has 0 unspecified atom stereocenters. The van der Waals surface area contributed by atoms with Crippen LogP contribution in [0.15, 0.2) is 114 Å². The molecule has 5 nitrogen and oxygen atoms in total. The van der Waals surface area contributed by atoms with Gasteiger partial charge in [0.05, 0.1) is 0 Å². The van der Waals surface area contributed by atoms with Gasteiger partial charge in [-0.15, -0.1) is 0 Å². The zero-order valence-electron chi connectivity index (χ0n) is 19.7. The zero-order chi connectivity index (χ0) is 24.1. The SMILES string of the molecule is [N-]=[N+]=NCCCC(c1ccc(OCc2ccccc2)cc1)c1ccc(OCc2ccccc2)cc1. The van der Waals surface area contributed by atoms with Crippen LogP contribution in [0.5, 0.6) is 11.5 Å². The minimum Gasteiger partial charge on any atom is -0.489 e. The summed E-state index contributed by atoms with van der Waals surface area (Å²) >= 11 is 0. The van der Waals surface area contributed by atoms with Crippen molar-refractivity contribution in [3.05, 3.63) is 142 Å². The number of hydrogen-bond acceptors (Lipinski definition) is 3. The first-order chi connectivity index (χ1) is 17.3. The summed E-state index contributed by atoms with van der Waals surface area (Å²) in [4.78, 5) is 2.88. The van der Waals surface area contributed by atoms with Crippen molar-refractivity contribution < 1.29 is 9.47 Å². The molecule has 0 amide bonds. The lowest BCUT2D eigenvalue weighted by molar-refractivity contribution is 0.306. The van der Waals surface area contributed by atoms with Gasteiger partial charge in [0.1, 0.15) is 24.7 Å². The van der Waals surface area contributed by atoms with Crippen LogP contribution in [0.4, 0.5) is 0 Å². The summed E-state index contributed by atoms with van der Waals surface area (Å²) in [7, 11) is 0. The van der Waals surface area contributed by atoms with Gasteiger partial charge in [-0.3, -0.25) is 0 Å². The molecule has 0 atom stereocenters. The molecule has 0 aliphatic rings. The van der Waals surface area contributed by atoms with Crippen LogP contribution >= 0.6 is 0 Å². The highest BCUT2D eigenvalue weighted by Crippen LogP contribution is 2.32. The van der Waals surface area contributed by atoms with Crippen LogP contribution in [0, 0.1) is 0 Å². The van der Waals surface area contributed by atoms with Gasteiger partial charge in [0, 0.05) is 17.4 Å². The predicted molar refractivity (Wildman–Crippen MR) is 140 cm³/mol. The van der Waals surface area contributed by atoms with Gasteiger partial charge in [-0.1, -0.05) is 90.0 Å². The number of benzene rings is 4. The second kappa shape index (κ2) is 12.9. The third-order valence-electron chi connectivity index (χ3n) is 5.88. The fourth-order valence-corrected chi connectivity index (χ4v) is 4.01. The van der Waals surface area contributed by atoms with Crippen LogP contribution in [-0.2, 0) is 13.2 Å². The van der Waals surface area contributed by atoms with E-state index in [4.69, 9.17) is 15.0 Å². The summed E-state index contributed by atoms with van der Waals surface area (Å²) in [6.45, 7) is 1.57. The molecule has 0 saturated carbocycles. The Hall–Kier alpha value is -4.21. The Morgan fingerprint density at radius 3 is 1.51 bits per heavy atom. The van der Waals surface area contributed by atoms with Crippen molar-refractivity contribution in [2.75, 3.05) is 6.54 Å². The maximum Gasteiger partial charge on any atom is 0.119 e. The van der Waals surface area contributed by atoms with E-state index in [0.29, 0.717) is 19.8 Å². The second-order valence-electron chi connectivity index (χ2n) is 8.34. The molecule has 0 aliphatic carbocycles. The summed E-state index contributed by atoms with van der Waals surface area (Å²) in [6, 6.07) is 36.9. The molecule has 4 aromatic carbocycles. The topological polar surface area (TPSA) is 67.2 Å². The van der Waals surface area contributed by atoms with Gasteiger partial charge < -0.3 is 9.47 Å². The number of azide groups is 1. The molecule has 35 heavy (non-hydrogen) atoms. The van der Waals surface area contributed by atoms with Crippen LogP contribution < -0.4 is 9.47 Å². The molecule has 0 aromatic heterocycles. The highest BCUT2D eigenvalue weighted by atomic mass is 16.5. The number of nitrogens with zero attached hydrogens (tertiary/aromatic N) is 3. The Bertz CT molecular complexity index is 1120. The molecule has 0 fully saturated rings. The Kier molecular flexibility index (Phi) is 8.80. The highest BCUT2D eigenvalue weighted by Gasteiger charge is 2.14. The minimum atomic E-state index is 0.190. The third-order valence-corrected chi connectivity index (χ3v) is 5.88. The normalized spacial score (nSPS) is 10.5. The largest absolute Gasteiger partial charge is 0.489 e. The van der Waals surface area contributed by atoms with Crippen molar-refractivity contribution in [2.24, 2.45) is 5.11 Å². The minimum absolute atomic E-state index is 0.190. The summed E-state index contributed by atoms with van der Waals surface area (Å²) in [6.07, 6.45) is 1.70. The van der Waals surface area contributed by atoms with E-state index >= 15 is 0 Å². The van der Waals surface area contributed by atoms with Gasteiger partial charge in [0.15, 0.2) is 0 Å². The van der Waals surface area contributed by atoms with E-state index < -0.39 is 0 Å². The molecule has 0 heterocycles. The quantitative estimate of drug-likeness (QED) is 0.0922. The molecule has 5 heteroatoms. The van der Waals surface area contributed by atoms with E-state index in [1.165, 1.54) is 11.1 Å². The monoisotopic (exact) mass is 463 g/mol. The molecule has 0 radical (unpaired) electrons. The van der Waals surface area contributed by atoms with E-state index in [1.807, 2.05) is 60.7 Å². The summed E-state index contributed by atoms with van der Waals surface area (Å²) in [5.41, 5.74) is 13.3. The lowest BCUT2D eigenvalue weighted by atomic mass is 9.87. The van der Waals surface area contributed by atoms with Crippen LogP contribution in [0.3, 0.4) is 0 Å². The van der Waals surface area contributed by atoms with Gasteiger partial charge in [0.2, 0.25) is 0 Å². The van der Waals surface area contributed by atoms with Gasteiger partial charge >= 0.3 is 0 Å². The number of ether oxygens (including phenoxy) is 2. The number of hydrogen-bond donors (Lipinski definition) is 0. The fraction of sp³-hybridized carbons (Fsp3) is 0.200. The first kappa shape index (κ1) is 23.9. The molecule has 0 aliphatic heterocycles. The van der Waals surface area contributed by atoms with Crippen molar-refractivity contribution in [2.45, 2.75) is 32.0 Å². The van der Waals surface area contributed by atoms with Crippen molar-refractivity contribution in [3.63, 3.8) is 0 Å². The van der Waals surface area contributed by atoms with Gasteiger partial charge in [-0.25, -0.2) is 0 Å². The predicted octanol–water partition coefficient (Wildman–Crippen LogP) is 8.07. The summed E-state index contributed by atoms with van der Waals surface area (Å²) in [5.74, 6) is 1.88. The summed E-state index contributed by atoms with van der Waals surface area (Å²) < 4.78 is 11.9. The molecular formula is C30H29N3O2. The molecule has 0 bridgehead atoms. The molecule has 0 spiro atoms. The average molecular weight is 464 g/mol. The van der Waals surface area contributed by atoms with Crippen molar-refractivity contribution in [1.29, 1.82) is 0 Å². The van der Waals surface area contributed by atoms with Crippen LogP contribution in [0.2, 0.25) is 0 Å². The van der Waals surface area contributed by atoms with E-state index in [-0.39, 0.29) is 5.92 Å². The van der Waals surface area contributed by atoms with Crippen LogP contribution in [0.1, 0.15) is 41.0 Å². The Labute approximate surface area is 206 Å². The highest BCUT2D eigenvalue weighted by molar-refractivity contribution is 5.38. The lowest BCUT2D eigenvalue weighted by Gasteiger charge is -2.19. The maximum absolute atomic E-state index is 8.62. The lowest BCUT2D eigenvalue weighted by Crippen LogP contribution is -2.03. The smallest absolute Gasteiger partial charge is 0.119 e. The Balaban J connectivity index is 1.43. The summed E-state index contributed by atoms with van der Waals surface area (Å²) in [5, 5.41) is 3.71. The van der Waals surface area contributed by atoms with Gasteiger partial charge in [-0.2, -0.15) is 0 Å². The zero-order valence-corrected chi connectivity index (χ0v) is 19.7. The van der Waals surface area contributed by atoms with Gasteiger partial charge in [-0.05, 0) is 64.9 Å². The van der Waals surface area contributed by atoms with Crippen LogP contribution in [0.25, 0.3) is 10.4 Å². The van der Waals surface area contributed by atoms with E-state index in [0.717, 1.165) is 35.5 Å². The molecule has 4 rings (SSSR count). The van der Waals surface area contributed by atoms with E-state index in [1.54, 1.807) is 0 Å². The molecule has 176 valence electrons. The Morgan fingerprint density at radius 1 is 0.629 bits per heavy atom. The first-order valence-corrected chi connectivity index (χ1v) is 11.9. The average Bonchev–Trinajstić information content (AvgIpc) is 2.93. The fourth-order valence-electron chi connectivity index (χ4n) is 4.01. The van der Waals surface area contributed by atoms with E-state index in [2.05, 4.69) is 58.6 Å². The molecule has 4 aromatic rings. The standard InChI is InChI=1S/C30H29N3O2/c31-33-32-21-7-12-30(26-13-17-28(18-14-26)34-22-24-8-3-1-4-9-24)27-15-19-29(20-16-27)35-23-25-10-5-2-6-11-25/h1-6,8-11,13-20,30H,7,12,21-23H2. The molecule has 0 N–H and O–H groups in total. The van der Waals surface area contributed by atoms with E-state index in [9.17, 15) is 0 Å². The van der Waals surface area contributed by atoms with Crippen molar-refractivity contribution >= 4 is 0 Å². The van der Waals surface area contributed by atoms with Crippen molar-refractivity contribution in [1.82, 2.24) is 0 Å². The first-order valence-electron chi connectivity index (χ1n) is 11.9. The molecular weight excluding hydrogens is 434 g/mol.